The topological polar surface area (TPSA) is 88.2 Å². The summed E-state index contributed by atoms with van der Waals surface area (Å²) in [6.45, 7) is 3.99. The maximum Gasteiger partial charge on any atom is 0.335 e. The molecule has 0 spiro atoms. The van der Waals surface area contributed by atoms with Gasteiger partial charge in [-0.1, -0.05) is 5.16 Å². The molecule has 0 fully saturated rings. The van der Waals surface area contributed by atoms with E-state index in [4.69, 9.17) is 9.63 Å². The van der Waals surface area contributed by atoms with Gasteiger partial charge in [-0.05, 0) is 26.0 Å². The Bertz CT molecular complexity index is 578. The zero-order valence-electron chi connectivity index (χ0n) is 10.1. The Hall–Kier alpha value is -2.37. The van der Waals surface area contributed by atoms with Crippen molar-refractivity contribution < 1.29 is 14.4 Å². The molecule has 0 aliphatic carbocycles. The maximum atomic E-state index is 10.9. The Kier molecular flexibility index (Phi) is 3.27. The summed E-state index contributed by atoms with van der Waals surface area (Å²) in [7, 11) is 0. The highest BCUT2D eigenvalue weighted by atomic mass is 16.5. The molecule has 0 bridgehead atoms. The molecule has 2 rings (SSSR count). The molecule has 0 unspecified atom stereocenters. The van der Waals surface area contributed by atoms with Crippen molar-refractivity contribution in [3.63, 3.8) is 0 Å². The molecule has 0 saturated carbocycles. The van der Waals surface area contributed by atoms with Gasteiger partial charge in [-0.15, -0.1) is 0 Å². The second kappa shape index (κ2) is 4.87. The Morgan fingerprint density at radius 1 is 1.39 bits per heavy atom. The number of carbonyl (C=O) groups is 1. The SMILES string of the molecule is Cc1cc(C(=O)O)cc(NCc2cc(C)on2)n1. The van der Waals surface area contributed by atoms with Gasteiger partial charge in [0.15, 0.2) is 0 Å². The maximum absolute atomic E-state index is 10.9. The van der Waals surface area contributed by atoms with Crippen molar-refractivity contribution in [2.75, 3.05) is 5.32 Å². The molecule has 2 aromatic rings. The summed E-state index contributed by atoms with van der Waals surface area (Å²) in [4.78, 5) is 15.1. The lowest BCUT2D eigenvalue weighted by atomic mass is 10.2. The van der Waals surface area contributed by atoms with E-state index >= 15 is 0 Å². The number of aromatic carboxylic acids is 1. The highest BCUT2D eigenvalue weighted by Gasteiger charge is 2.07. The van der Waals surface area contributed by atoms with Gasteiger partial charge in [0.05, 0.1) is 12.1 Å². The van der Waals surface area contributed by atoms with E-state index in [1.54, 1.807) is 13.0 Å². The number of aryl methyl sites for hydroxylation is 2. The molecule has 0 aliphatic heterocycles. The third-order valence-electron chi connectivity index (χ3n) is 2.33. The lowest BCUT2D eigenvalue weighted by Gasteiger charge is -2.05. The molecule has 2 N–H and O–H groups in total. The summed E-state index contributed by atoms with van der Waals surface area (Å²) in [5.41, 5.74) is 1.60. The average Bonchev–Trinajstić information content (AvgIpc) is 2.72. The van der Waals surface area contributed by atoms with Gasteiger partial charge >= 0.3 is 5.97 Å². The van der Waals surface area contributed by atoms with Crippen LogP contribution in [0.2, 0.25) is 0 Å². The smallest absolute Gasteiger partial charge is 0.335 e. The van der Waals surface area contributed by atoms with E-state index in [0.29, 0.717) is 18.1 Å². The quantitative estimate of drug-likeness (QED) is 0.859. The first-order valence-corrected chi connectivity index (χ1v) is 5.42. The van der Waals surface area contributed by atoms with E-state index in [2.05, 4.69) is 15.5 Å². The van der Waals surface area contributed by atoms with Crippen LogP contribution in [0.1, 0.15) is 27.5 Å². The fourth-order valence-electron chi connectivity index (χ4n) is 1.56. The molecular weight excluding hydrogens is 234 g/mol. The summed E-state index contributed by atoms with van der Waals surface area (Å²) in [6, 6.07) is 4.82. The number of nitrogens with zero attached hydrogens (tertiary/aromatic N) is 2. The summed E-state index contributed by atoms with van der Waals surface area (Å²) >= 11 is 0. The van der Waals surface area contributed by atoms with Gasteiger partial charge < -0.3 is 14.9 Å². The van der Waals surface area contributed by atoms with Crippen LogP contribution < -0.4 is 5.32 Å². The molecule has 0 aromatic carbocycles. The first-order valence-electron chi connectivity index (χ1n) is 5.42. The van der Waals surface area contributed by atoms with Gasteiger partial charge in [-0.3, -0.25) is 0 Å². The fourth-order valence-corrected chi connectivity index (χ4v) is 1.56. The molecule has 94 valence electrons. The summed E-state index contributed by atoms with van der Waals surface area (Å²) < 4.78 is 4.93. The monoisotopic (exact) mass is 247 g/mol. The number of carboxylic acid groups (broad SMARTS) is 1. The minimum atomic E-state index is -0.971. The fraction of sp³-hybridized carbons (Fsp3) is 0.250. The number of aromatic nitrogens is 2. The highest BCUT2D eigenvalue weighted by molar-refractivity contribution is 5.88. The first-order chi connectivity index (χ1) is 8.54. The second-order valence-electron chi connectivity index (χ2n) is 3.97. The second-order valence-corrected chi connectivity index (χ2v) is 3.97. The van der Waals surface area contributed by atoms with Crippen LogP contribution in [-0.4, -0.2) is 21.2 Å². The number of carboxylic acids is 1. The van der Waals surface area contributed by atoms with Crippen LogP contribution in [-0.2, 0) is 6.54 Å². The molecule has 6 nitrogen and oxygen atoms in total. The van der Waals surface area contributed by atoms with Crippen molar-refractivity contribution >= 4 is 11.8 Å². The Balaban J connectivity index is 2.11. The normalized spacial score (nSPS) is 10.3. The van der Waals surface area contributed by atoms with Crippen molar-refractivity contribution in [2.24, 2.45) is 0 Å². The van der Waals surface area contributed by atoms with Crippen LogP contribution in [0.25, 0.3) is 0 Å². The minimum absolute atomic E-state index is 0.210. The largest absolute Gasteiger partial charge is 0.478 e. The molecule has 6 heteroatoms. The lowest BCUT2D eigenvalue weighted by molar-refractivity contribution is 0.0696. The molecule has 0 amide bonds. The zero-order chi connectivity index (χ0) is 13.1. The third kappa shape index (κ3) is 2.85. The van der Waals surface area contributed by atoms with Crippen LogP contribution >= 0.6 is 0 Å². The highest BCUT2D eigenvalue weighted by Crippen LogP contribution is 2.11. The number of rotatable bonds is 4. The van der Waals surface area contributed by atoms with Gasteiger partial charge in [0.1, 0.15) is 17.3 Å². The van der Waals surface area contributed by atoms with Crippen molar-refractivity contribution in [3.05, 3.63) is 40.9 Å². The van der Waals surface area contributed by atoms with Crippen molar-refractivity contribution in [2.45, 2.75) is 20.4 Å². The van der Waals surface area contributed by atoms with E-state index in [1.807, 2.05) is 6.92 Å². The van der Waals surface area contributed by atoms with Crippen LogP contribution in [0.3, 0.4) is 0 Å². The van der Waals surface area contributed by atoms with Crippen molar-refractivity contribution in [1.29, 1.82) is 0 Å². The summed E-state index contributed by atoms with van der Waals surface area (Å²) in [5.74, 6) is 0.268. The molecule has 0 aliphatic rings. The Labute approximate surface area is 104 Å². The number of pyridine rings is 1. The third-order valence-corrected chi connectivity index (χ3v) is 2.33. The minimum Gasteiger partial charge on any atom is -0.478 e. The van der Waals surface area contributed by atoms with E-state index < -0.39 is 5.97 Å². The molecule has 2 heterocycles. The van der Waals surface area contributed by atoms with E-state index in [-0.39, 0.29) is 5.56 Å². The van der Waals surface area contributed by atoms with Crippen LogP contribution in [0, 0.1) is 13.8 Å². The zero-order valence-corrected chi connectivity index (χ0v) is 10.1. The summed E-state index contributed by atoms with van der Waals surface area (Å²) in [6.07, 6.45) is 0. The average molecular weight is 247 g/mol. The van der Waals surface area contributed by atoms with Crippen molar-refractivity contribution in [1.82, 2.24) is 10.1 Å². The van der Waals surface area contributed by atoms with Gasteiger partial charge in [-0.2, -0.15) is 0 Å². The van der Waals surface area contributed by atoms with E-state index in [9.17, 15) is 4.79 Å². The predicted octanol–water partition coefficient (Wildman–Crippen LogP) is 2.00. The number of hydrogen-bond donors (Lipinski definition) is 2. The van der Waals surface area contributed by atoms with Gasteiger partial charge in [0.2, 0.25) is 0 Å². The van der Waals surface area contributed by atoms with Gasteiger partial charge in [0, 0.05) is 11.8 Å². The predicted molar refractivity (Wildman–Crippen MR) is 64.5 cm³/mol. The molecule has 0 radical (unpaired) electrons. The van der Waals surface area contributed by atoms with Gasteiger partial charge in [-0.25, -0.2) is 9.78 Å². The number of anilines is 1. The first kappa shape index (κ1) is 12.1. The lowest BCUT2D eigenvalue weighted by Crippen LogP contribution is -2.05. The standard InChI is InChI=1S/C12H13N3O3/c1-7-3-9(12(16)17)5-11(14-7)13-6-10-4-8(2)18-15-10/h3-5H,6H2,1-2H3,(H,13,14)(H,16,17). The van der Waals surface area contributed by atoms with Crippen LogP contribution in [0.15, 0.2) is 22.7 Å². The number of hydrogen-bond acceptors (Lipinski definition) is 5. The molecule has 18 heavy (non-hydrogen) atoms. The van der Waals surface area contributed by atoms with Crippen molar-refractivity contribution in [3.8, 4) is 0 Å². The van der Waals surface area contributed by atoms with Crippen LogP contribution in [0.4, 0.5) is 5.82 Å². The Morgan fingerprint density at radius 2 is 2.17 bits per heavy atom. The van der Waals surface area contributed by atoms with Gasteiger partial charge in [0.25, 0.3) is 0 Å². The van der Waals surface area contributed by atoms with E-state index in [0.717, 1.165) is 11.5 Å². The van der Waals surface area contributed by atoms with E-state index in [1.165, 1.54) is 12.1 Å². The molecule has 2 aromatic heterocycles. The molecular formula is C12H13N3O3. The summed E-state index contributed by atoms with van der Waals surface area (Å²) in [5, 5.41) is 15.8. The van der Waals surface area contributed by atoms with Crippen LogP contribution in [0.5, 0.6) is 0 Å². The number of nitrogens with one attached hydrogen (secondary N) is 1. The molecule has 0 atom stereocenters. The Morgan fingerprint density at radius 3 is 2.78 bits per heavy atom. The molecule has 0 saturated heterocycles.